The van der Waals surface area contributed by atoms with Crippen LogP contribution < -0.4 is 20.5 Å². The average Bonchev–Trinajstić information content (AvgIpc) is 3.43. The Balaban J connectivity index is 1.63. The summed E-state index contributed by atoms with van der Waals surface area (Å²) in [5.41, 5.74) is 5.85. The molecule has 0 radical (unpaired) electrons. The van der Waals surface area contributed by atoms with E-state index < -0.39 is 16.4 Å². The highest BCUT2D eigenvalue weighted by atomic mass is 79.9. The van der Waals surface area contributed by atoms with Gasteiger partial charge in [0.15, 0.2) is 11.5 Å². The third kappa shape index (κ3) is 3.18. The van der Waals surface area contributed by atoms with E-state index >= 15 is 0 Å². The van der Waals surface area contributed by atoms with Crippen LogP contribution in [0.4, 0.5) is 11.4 Å². The topological polar surface area (TPSA) is 117 Å². The minimum atomic E-state index is -0.607. The lowest BCUT2D eigenvalue weighted by Gasteiger charge is -2.23. The van der Waals surface area contributed by atoms with Crippen LogP contribution in [0.2, 0.25) is 0 Å². The normalized spacial score (nSPS) is 16.5. The van der Waals surface area contributed by atoms with Crippen LogP contribution in [-0.4, -0.2) is 24.0 Å². The van der Waals surface area contributed by atoms with E-state index in [1.54, 1.807) is 0 Å². The Bertz CT molecular complexity index is 958. The zero-order valence-electron chi connectivity index (χ0n) is 14.2. The van der Waals surface area contributed by atoms with Crippen molar-refractivity contribution in [1.29, 1.82) is 0 Å². The minimum absolute atomic E-state index is 0.0693. The number of hydrogen-bond acceptors (Lipinski definition) is 6. The molecule has 1 fully saturated rings. The zero-order valence-corrected chi connectivity index (χ0v) is 15.7. The summed E-state index contributed by atoms with van der Waals surface area (Å²) in [5, 5.41) is 14.1. The zero-order chi connectivity index (χ0) is 19.2. The summed E-state index contributed by atoms with van der Waals surface area (Å²) in [7, 11) is 0. The first-order valence-corrected chi connectivity index (χ1v) is 9.15. The number of carbonyl (C=O) groups is 1. The van der Waals surface area contributed by atoms with Crippen LogP contribution in [0.25, 0.3) is 0 Å². The lowest BCUT2D eigenvalue weighted by Crippen LogP contribution is -2.35. The van der Waals surface area contributed by atoms with Gasteiger partial charge in [-0.05, 0) is 36.6 Å². The molecule has 140 valence electrons. The molecule has 0 atom stereocenters. The summed E-state index contributed by atoms with van der Waals surface area (Å²) in [6, 6.07) is 8.35. The number of nitrogens with two attached hydrogens (primary N) is 1. The van der Waals surface area contributed by atoms with Crippen LogP contribution in [0.5, 0.6) is 11.5 Å². The van der Waals surface area contributed by atoms with Gasteiger partial charge < -0.3 is 20.5 Å². The predicted molar refractivity (Wildman–Crippen MR) is 101 cm³/mol. The molecule has 1 saturated carbocycles. The van der Waals surface area contributed by atoms with Crippen molar-refractivity contribution in [3.63, 3.8) is 0 Å². The third-order valence-corrected chi connectivity index (χ3v) is 5.22. The molecular weight excluding hydrogens is 418 g/mol. The predicted octanol–water partition coefficient (Wildman–Crippen LogP) is 3.13. The molecule has 0 saturated heterocycles. The highest BCUT2D eigenvalue weighted by Crippen LogP contribution is 2.48. The minimum Gasteiger partial charge on any atom is -0.486 e. The molecule has 1 aliphatic carbocycles. The van der Waals surface area contributed by atoms with Gasteiger partial charge in [-0.25, -0.2) is 0 Å². The van der Waals surface area contributed by atoms with Gasteiger partial charge in [0, 0.05) is 10.5 Å². The summed E-state index contributed by atoms with van der Waals surface area (Å²) in [5.74, 6) is 0.875. The summed E-state index contributed by atoms with van der Waals surface area (Å²) < 4.78 is 11.6. The number of nitrogens with zero attached hydrogens (tertiary/aromatic N) is 1. The number of nitrogen functional groups attached to an aromatic ring is 1. The number of carbonyl (C=O) groups excluding carboxylic acids is 1. The molecule has 0 unspecified atom stereocenters. The maximum Gasteiger partial charge on any atom is 0.294 e. The van der Waals surface area contributed by atoms with Gasteiger partial charge in [-0.2, -0.15) is 0 Å². The molecule has 3 N–H and O–H groups in total. The number of amides is 1. The van der Waals surface area contributed by atoms with E-state index in [9.17, 15) is 14.9 Å². The van der Waals surface area contributed by atoms with Crippen molar-refractivity contribution in [1.82, 2.24) is 5.32 Å². The van der Waals surface area contributed by atoms with Gasteiger partial charge in [0.1, 0.15) is 18.9 Å². The molecule has 0 aromatic heterocycles. The van der Waals surface area contributed by atoms with Gasteiger partial charge in [0.05, 0.1) is 16.0 Å². The fourth-order valence-electron chi connectivity index (χ4n) is 3.18. The van der Waals surface area contributed by atoms with Gasteiger partial charge in [0.25, 0.3) is 11.6 Å². The van der Waals surface area contributed by atoms with E-state index in [0.29, 0.717) is 29.2 Å². The lowest BCUT2D eigenvalue weighted by atomic mass is 10.0. The van der Waals surface area contributed by atoms with Crippen molar-refractivity contribution in [3.8, 4) is 11.5 Å². The molecule has 1 heterocycles. The largest absolute Gasteiger partial charge is 0.486 e. The Kier molecular flexibility index (Phi) is 4.18. The number of fused-ring (bicyclic) bond motifs is 1. The molecule has 2 aromatic carbocycles. The number of benzene rings is 2. The van der Waals surface area contributed by atoms with Crippen molar-refractivity contribution < 1.29 is 19.2 Å². The van der Waals surface area contributed by atoms with E-state index in [-0.39, 0.29) is 16.9 Å². The maximum absolute atomic E-state index is 12.8. The van der Waals surface area contributed by atoms with Gasteiger partial charge in [-0.15, -0.1) is 0 Å². The Hall–Kier alpha value is -2.81. The van der Waals surface area contributed by atoms with Gasteiger partial charge >= 0.3 is 0 Å². The first kappa shape index (κ1) is 17.6. The second kappa shape index (κ2) is 6.41. The SMILES string of the molecule is Nc1c(C(=O)NC2(c3ccc4c(c3)OCCO4)CC2)cc(Br)cc1[N+](=O)[O-]. The van der Waals surface area contributed by atoms with E-state index in [1.165, 1.54) is 12.1 Å². The van der Waals surface area contributed by atoms with Crippen molar-refractivity contribution in [2.45, 2.75) is 18.4 Å². The second-order valence-corrected chi connectivity index (χ2v) is 7.45. The number of halogens is 1. The van der Waals surface area contributed by atoms with E-state index in [1.807, 2.05) is 18.2 Å². The van der Waals surface area contributed by atoms with Crippen molar-refractivity contribution in [2.75, 3.05) is 18.9 Å². The van der Waals surface area contributed by atoms with Crippen molar-refractivity contribution in [3.05, 3.63) is 56.0 Å². The van der Waals surface area contributed by atoms with Crippen molar-refractivity contribution >= 4 is 33.2 Å². The van der Waals surface area contributed by atoms with Crippen LogP contribution in [0.3, 0.4) is 0 Å². The fraction of sp³-hybridized carbons (Fsp3) is 0.278. The standard InChI is InChI=1S/C18H16BrN3O5/c19-11-8-12(16(20)13(9-11)22(24)25)17(23)21-18(3-4-18)10-1-2-14-15(7-10)27-6-5-26-14/h1-2,7-9H,3-6,20H2,(H,21,23). The van der Waals surface area contributed by atoms with Crippen LogP contribution in [0.1, 0.15) is 28.8 Å². The number of nitro groups is 1. The lowest BCUT2D eigenvalue weighted by molar-refractivity contribution is -0.384. The molecule has 9 heteroatoms. The maximum atomic E-state index is 12.8. The number of anilines is 1. The molecule has 8 nitrogen and oxygen atoms in total. The third-order valence-electron chi connectivity index (χ3n) is 4.76. The highest BCUT2D eigenvalue weighted by molar-refractivity contribution is 9.10. The first-order valence-electron chi connectivity index (χ1n) is 8.36. The summed E-state index contributed by atoms with van der Waals surface area (Å²) >= 11 is 3.19. The molecule has 0 spiro atoms. The van der Waals surface area contributed by atoms with Crippen molar-refractivity contribution in [2.24, 2.45) is 0 Å². The molecular formula is C18H16BrN3O5. The smallest absolute Gasteiger partial charge is 0.294 e. The number of nitrogens with one attached hydrogen (secondary N) is 1. The van der Waals surface area contributed by atoms with E-state index in [0.717, 1.165) is 18.4 Å². The molecule has 2 aromatic rings. The fourth-order valence-corrected chi connectivity index (χ4v) is 3.62. The Morgan fingerprint density at radius 2 is 1.89 bits per heavy atom. The Labute approximate surface area is 162 Å². The molecule has 27 heavy (non-hydrogen) atoms. The number of ether oxygens (including phenoxy) is 2. The molecule has 1 amide bonds. The van der Waals surface area contributed by atoms with Gasteiger partial charge in [-0.1, -0.05) is 22.0 Å². The van der Waals surface area contributed by atoms with E-state index in [4.69, 9.17) is 15.2 Å². The first-order chi connectivity index (χ1) is 12.9. The van der Waals surface area contributed by atoms with Gasteiger partial charge in [-0.3, -0.25) is 14.9 Å². The van der Waals surface area contributed by atoms with Crippen LogP contribution >= 0.6 is 15.9 Å². The summed E-state index contributed by atoms with van der Waals surface area (Å²) in [6.07, 6.45) is 1.52. The van der Waals surface area contributed by atoms with Crippen LogP contribution in [0, 0.1) is 10.1 Å². The monoisotopic (exact) mass is 433 g/mol. The van der Waals surface area contributed by atoms with Crippen LogP contribution in [0.15, 0.2) is 34.8 Å². The molecule has 1 aliphatic heterocycles. The quantitative estimate of drug-likeness (QED) is 0.434. The van der Waals surface area contributed by atoms with Crippen LogP contribution in [-0.2, 0) is 5.54 Å². The number of rotatable bonds is 4. The van der Waals surface area contributed by atoms with Gasteiger partial charge in [0.2, 0.25) is 0 Å². The van der Waals surface area contributed by atoms with E-state index in [2.05, 4.69) is 21.2 Å². The second-order valence-electron chi connectivity index (χ2n) is 6.54. The average molecular weight is 434 g/mol. The number of hydrogen-bond donors (Lipinski definition) is 2. The Morgan fingerprint density at radius 3 is 2.56 bits per heavy atom. The highest BCUT2D eigenvalue weighted by Gasteiger charge is 2.46. The molecule has 2 aliphatic rings. The Morgan fingerprint density at radius 1 is 1.19 bits per heavy atom. The summed E-state index contributed by atoms with van der Waals surface area (Å²) in [6.45, 7) is 0.989. The molecule has 0 bridgehead atoms. The number of nitro benzene ring substituents is 1. The summed E-state index contributed by atoms with van der Waals surface area (Å²) in [4.78, 5) is 23.4. The molecule has 4 rings (SSSR count).